The summed E-state index contributed by atoms with van der Waals surface area (Å²) in [5, 5.41) is 12.7. The summed E-state index contributed by atoms with van der Waals surface area (Å²) in [6.45, 7) is 7.32. The van der Waals surface area contributed by atoms with E-state index in [0.717, 1.165) is 11.3 Å². The number of halogens is 2. The summed E-state index contributed by atoms with van der Waals surface area (Å²) in [6, 6.07) is 10.9. The number of amides is 1. The number of benzene rings is 2. The number of hydrogen-bond donors (Lipinski definition) is 1. The molecule has 1 aliphatic rings. The van der Waals surface area contributed by atoms with Crippen molar-refractivity contribution in [2.75, 3.05) is 26.0 Å². The molecule has 0 atom stereocenters. The van der Waals surface area contributed by atoms with E-state index in [1.807, 2.05) is 57.5 Å². The van der Waals surface area contributed by atoms with Gasteiger partial charge in [-0.05, 0) is 56.9 Å². The summed E-state index contributed by atoms with van der Waals surface area (Å²) < 4.78 is 11.3. The monoisotopic (exact) mass is 520 g/mol. The molecule has 1 fully saturated rings. The Kier molecular flexibility index (Phi) is 8.58. The largest absolute Gasteiger partial charge is 0.493 e. The van der Waals surface area contributed by atoms with Crippen LogP contribution >= 0.6 is 35.0 Å². The van der Waals surface area contributed by atoms with Crippen LogP contribution in [-0.2, 0) is 4.74 Å². The fourth-order valence-corrected chi connectivity index (χ4v) is 4.31. The highest BCUT2D eigenvalue weighted by atomic mass is 35.5. The Morgan fingerprint density at radius 2 is 1.85 bits per heavy atom. The van der Waals surface area contributed by atoms with Gasteiger partial charge >= 0.3 is 6.09 Å². The SMILES string of the molecule is CSC(=Nc1cc(Cl)c(-c2ccc(OCC3CN(C(=O)OC(C)(C)C)C3)cc2)c(Cl)c1)NC#N. The highest BCUT2D eigenvalue weighted by Crippen LogP contribution is 2.39. The highest BCUT2D eigenvalue weighted by molar-refractivity contribution is 8.13. The Morgan fingerprint density at radius 3 is 2.38 bits per heavy atom. The minimum atomic E-state index is -0.494. The number of amidine groups is 1. The van der Waals surface area contributed by atoms with E-state index in [1.165, 1.54) is 11.8 Å². The molecule has 10 heteroatoms. The van der Waals surface area contributed by atoms with Crippen LogP contribution in [0.2, 0.25) is 10.0 Å². The zero-order chi connectivity index (χ0) is 24.9. The molecule has 180 valence electrons. The third-order valence-corrected chi connectivity index (χ3v) is 6.03. The van der Waals surface area contributed by atoms with Crippen LogP contribution in [0.3, 0.4) is 0 Å². The van der Waals surface area contributed by atoms with Crippen molar-refractivity contribution < 1.29 is 14.3 Å². The number of nitrogens with zero attached hydrogens (tertiary/aromatic N) is 3. The van der Waals surface area contributed by atoms with Gasteiger partial charge in [0.1, 0.15) is 11.4 Å². The van der Waals surface area contributed by atoms with Gasteiger partial charge in [0.25, 0.3) is 0 Å². The third kappa shape index (κ3) is 6.95. The van der Waals surface area contributed by atoms with Crippen LogP contribution in [0.5, 0.6) is 5.75 Å². The average molecular weight is 521 g/mol. The Hall–Kier alpha value is -2.60. The Bertz CT molecular complexity index is 1080. The molecular formula is C24H26Cl2N4O3S. The van der Waals surface area contributed by atoms with E-state index in [1.54, 1.807) is 17.0 Å². The highest BCUT2D eigenvalue weighted by Gasteiger charge is 2.34. The van der Waals surface area contributed by atoms with Gasteiger partial charge in [0.2, 0.25) is 0 Å². The van der Waals surface area contributed by atoms with E-state index in [0.29, 0.717) is 46.2 Å². The summed E-state index contributed by atoms with van der Waals surface area (Å²) in [5.41, 5.74) is 1.59. The number of carbonyl (C=O) groups excluding carboxylic acids is 1. The molecule has 3 rings (SSSR count). The van der Waals surface area contributed by atoms with Gasteiger partial charge in [-0.2, -0.15) is 5.26 Å². The fraction of sp³-hybridized carbons (Fsp3) is 0.375. The van der Waals surface area contributed by atoms with Crippen LogP contribution in [0.1, 0.15) is 20.8 Å². The van der Waals surface area contributed by atoms with Crippen LogP contribution < -0.4 is 10.1 Å². The van der Waals surface area contributed by atoms with Crippen LogP contribution in [0.4, 0.5) is 10.5 Å². The molecule has 1 saturated heterocycles. The van der Waals surface area contributed by atoms with Crippen molar-refractivity contribution in [1.82, 2.24) is 10.2 Å². The van der Waals surface area contributed by atoms with Gasteiger partial charge < -0.3 is 14.4 Å². The van der Waals surface area contributed by atoms with Crippen molar-refractivity contribution in [2.45, 2.75) is 26.4 Å². The van der Waals surface area contributed by atoms with Crippen molar-refractivity contribution in [3.8, 4) is 23.1 Å². The number of rotatable bonds is 5. The number of thioether (sulfide) groups is 1. The summed E-state index contributed by atoms with van der Waals surface area (Å²) in [4.78, 5) is 18.1. The number of likely N-dealkylation sites (tertiary alicyclic amines) is 1. The first-order valence-electron chi connectivity index (χ1n) is 10.6. The molecule has 0 spiro atoms. The average Bonchev–Trinajstić information content (AvgIpc) is 2.71. The van der Waals surface area contributed by atoms with Crippen LogP contribution in [-0.4, -0.2) is 47.7 Å². The van der Waals surface area contributed by atoms with Gasteiger partial charge in [0, 0.05) is 24.6 Å². The van der Waals surface area contributed by atoms with Crippen LogP contribution in [0.15, 0.2) is 41.4 Å². The first kappa shape index (κ1) is 26.0. The fourth-order valence-electron chi connectivity index (χ4n) is 3.27. The second-order valence-corrected chi connectivity index (χ2v) is 10.3. The minimum Gasteiger partial charge on any atom is -0.493 e. The predicted octanol–water partition coefficient (Wildman–Crippen LogP) is 6.33. The first-order chi connectivity index (χ1) is 16.1. The maximum atomic E-state index is 12.0. The van der Waals surface area contributed by atoms with Crippen molar-refractivity contribution in [2.24, 2.45) is 10.9 Å². The van der Waals surface area contributed by atoms with Crippen molar-refractivity contribution >= 4 is 51.9 Å². The molecule has 1 heterocycles. The lowest BCUT2D eigenvalue weighted by Gasteiger charge is -2.39. The molecule has 1 amide bonds. The van der Waals surface area contributed by atoms with Gasteiger partial charge in [0.05, 0.1) is 22.3 Å². The lowest BCUT2D eigenvalue weighted by Crippen LogP contribution is -2.53. The standard InChI is InChI=1S/C24H26Cl2N4O3S/c1-24(2,3)33-23(31)30-11-15(12-30)13-32-18-7-5-16(6-8-18)21-19(25)9-17(10-20(21)26)29-22(34-4)28-14-27/h5-10,15H,11-13H2,1-4H3,(H,28,29). The van der Waals surface area contributed by atoms with E-state index < -0.39 is 5.60 Å². The molecule has 2 aromatic carbocycles. The van der Waals surface area contributed by atoms with E-state index in [-0.39, 0.29) is 12.0 Å². The molecule has 1 aliphatic heterocycles. The van der Waals surface area contributed by atoms with E-state index >= 15 is 0 Å². The van der Waals surface area contributed by atoms with Crippen molar-refractivity contribution in [3.63, 3.8) is 0 Å². The van der Waals surface area contributed by atoms with Gasteiger partial charge in [-0.1, -0.05) is 47.1 Å². The van der Waals surface area contributed by atoms with Crippen molar-refractivity contribution in [1.29, 1.82) is 5.26 Å². The maximum absolute atomic E-state index is 12.0. The van der Waals surface area contributed by atoms with E-state index in [9.17, 15) is 4.79 Å². The zero-order valence-corrected chi connectivity index (χ0v) is 21.7. The normalized spacial score (nSPS) is 14.3. The first-order valence-corrected chi connectivity index (χ1v) is 12.6. The quantitative estimate of drug-likeness (QED) is 0.214. The topological polar surface area (TPSA) is 86.9 Å². The predicted molar refractivity (Wildman–Crippen MR) is 138 cm³/mol. The lowest BCUT2D eigenvalue weighted by atomic mass is 10.0. The lowest BCUT2D eigenvalue weighted by molar-refractivity contribution is -0.00781. The minimum absolute atomic E-state index is 0.269. The van der Waals surface area contributed by atoms with Gasteiger partial charge in [-0.25, -0.2) is 9.79 Å². The number of nitriles is 1. The molecule has 0 bridgehead atoms. The van der Waals surface area contributed by atoms with Crippen LogP contribution in [0.25, 0.3) is 11.1 Å². The van der Waals surface area contributed by atoms with E-state index in [2.05, 4.69) is 10.3 Å². The molecule has 0 saturated carbocycles. The molecule has 2 aromatic rings. The Labute approximate surface area is 214 Å². The number of ether oxygens (including phenoxy) is 2. The molecule has 1 N–H and O–H groups in total. The molecule has 0 radical (unpaired) electrons. The molecule has 0 unspecified atom stereocenters. The van der Waals surface area contributed by atoms with Gasteiger partial charge in [-0.3, -0.25) is 5.32 Å². The number of hydrogen-bond acceptors (Lipinski definition) is 6. The zero-order valence-electron chi connectivity index (χ0n) is 19.4. The van der Waals surface area contributed by atoms with Gasteiger partial charge in [0.15, 0.2) is 11.4 Å². The summed E-state index contributed by atoms with van der Waals surface area (Å²) >= 11 is 14.3. The smallest absolute Gasteiger partial charge is 0.410 e. The molecule has 7 nitrogen and oxygen atoms in total. The summed E-state index contributed by atoms with van der Waals surface area (Å²) in [5.74, 6) is 0.992. The summed E-state index contributed by atoms with van der Waals surface area (Å²) in [7, 11) is 0. The number of carbonyl (C=O) groups is 1. The maximum Gasteiger partial charge on any atom is 0.410 e. The molecular weight excluding hydrogens is 495 g/mol. The third-order valence-electron chi connectivity index (χ3n) is 4.85. The molecule has 34 heavy (non-hydrogen) atoms. The Morgan fingerprint density at radius 1 is 1.24 bits per heavy atom. The van der Waals surface area contributed by atoms with Gasteiger partial charge in [-0.15, -0.1) is 0 Å². The van der Waals surface area contributed by atoms with Crippen LogP contribution in [0, 0.1) is 17.4 Å². The van der Waals surface area contributed by atoms with Crippen molar-refractivity contribution in [3.05, 3.63) is 46.4 Å². The second kappa shape index (κ2) is 11.2. The molecule has 0 aromatic heterocycles. The van der Waals surface area contributed by atoms with E-state index in [4.69, 9.17) is 37.9 Å². The second-order valence-electron chi connectivity index (χ2n) is 8.73. The molecule has 0 aliphatic carbocycles. The Balaban J connectivity index is 1.59. The number of nitrogens with one attached hydrogen (secondary N) is 1. The number of aliphatic imine (C=N–C) groups is 1. The summed E-state index contributed by atoms with van der Waals surface area (Å²) in [6.07, 6.45) is 3.37.